The SMILES string of the molecule is CC(=Nc1c(C)cccc1C)c1cccc(C2=NC(C(C)C)CO2)n1. The van der Waals surface area contributed by atoms with Crippen molar-refractivity contribution in [2.75, 3.05) is 6.61 Å². The van der Waals surface area contributed by atoms with Gasteiger partial charge < -0.3 is 4.74 Å². The molecule has 0 bridgehead atoms. The van der Waals surface area contributed by atoms with Gasteiger partial charge in [0.25, 0.3) is 0 Å². The summed E-state index contributed by atoms with van der Waals surface area (Å²) in [7, 11) is 0. The predicted molar refractivity (Wildman–Crippen MR) is 103 cm³/mol. The number of pyridine rings is 1. The van der Waals surface area contributed by atoms with E-state index in [0.717, 1.165) is 22.8 Å². The third kappa shape index (κ3) is 3.78. The summed E-state index contributed by atoms with van der Waals surface area (Å²) in [5.41, 5.74) is 5.86. The zero-order valence-corrected chi connectivity index (χ0v) is 15.6. The van der Waals surface area contributed by atoms with E-state index in [-0.39, 0.29) is 6.04 Å². The van der Waals surface area contributed by atoms with Gasteiger partial charge in [0.1, 0.15) is 12.3 Å². The van der Waals surface area contributed by atoms with E-state index in [1.165, 1.54) is 11.1 Å². The monoisotopic (exact) mass is 335 g/mol. The van der Waals surface area contributed by atoms with Crippen molar-refractivity contribution in [3.63, 3.8) is 0 Å². The molecule has 2 aromatic rings. The number of para-hydroxylation sites is 1. The number of hydrogen-bond donors (Lipinski definition) is 0. The molecule has 1 unspecified atom stereocenters. The van der Waals surface area contributed by atoms with Crippen LogP contribution in [-0.2, 0) is 4.74 Å². The minimum absolute atomic E-state index is 0.213. The summed E-state index contributed by atoms with van der Waals surface area (Å²) in [6.45, 7) is 11.1. The second-order valence-electron chi connectivity index (χ2n) is 6.90. The highest BCUT2D eigenvalue weighted by atomic mass is 16.5. The molecule has 0 saturated carbocycles. The fraction of sp³-hybridized carbons (Fsp3) is 0.381. The van der Waals surface area contributed by atoms with Gasteiger partial charge in [0, 0.05) is 0 Å². The molecule has 4 nitrogen and oxygen atoms in total. The fourth-order valence-corrected chi connectivity index (χ4v) is 2.83. The Hall–Kier alpha value is -2.49. The molecule has 0 amide bonds. The van der Waals surface area contributed by atoms with Gasteiger partial charge in [-0.25, -0.2) is 9.98 Å². The van der Waals surface area contributed by atoms with Crippen LogP contribution in [0.5, 0.6) is 0 Å². The molecule has 0 N–H and O–H groups in total. The molecule has 3 rings (SSSR count). The highest BCUT2D eigenvalue weighted by Crippen LogP contribution is 2.24. The van der Waals surface area contributed by atoms with Crippen molar-refractivity contribution in [3.8, 4) is 0 Å². The Morgan fingerprint density at radius 3 is 2.44 bits per heavy atom. The molecule has 1 aromatic heterocycles. The second-order valence-corrected chi connectivity index (χ2v) is 6.90. The summed E-state index contributed by atoms with van der Waals surface area (Å²) in [4.78, 5) is 14.2. The molecule has 0 radical (unpaired) electrons. The molecule has 0 fully saturated rings. The van der Waals surface area contributed by atoms with Crippen LogP contribution in [-0.4, -0.2) is 29.2 Å². The number of aryl methyl sites for hydroxylation is 2. The molecule has 25 heavy (non-hydrogen) atoms. The van der Waals surface area contributed by atoms with E-state index in [2.05, 4.69) is 50.9 Å². The first-order valence-corrected chi connectivity index (χ1v) is 8.75. The topological polar surface area (TPSA) is 46.8 Å². The summed E-state index contributed by atoms with van der Waals surface area (Å²) < 4.78 is 5.75. The van der Waals surface area contributed by atoms with E-state index < -0.39 is 0 Å². The zero-order chi connectivity index (χ0) is 18.0. The quantitative estimate of drug-likeness (QED) is 0.764. The van der Waals surface area contributed by atoms with Gasteiger partial charge in [0.15, 0.2) is 0 Å². The third-order valence-corrected chi connectivity index (χ3v) is 4.50. The Labute approximate surface area is 149 Å². The van der Waals surface area contributed by atoms with Crippen LogP contribution in [0.1, 0.15) is 43.3 Å². The average Bonchev–Trinajstić information content (AvgIpc) is 3.09. The standard InChI is InChI=1S/C21H25N3O/c1-13(2)19-12-25-21(24-19)18-11-7-10-17(23-18)16(5)22-20-14(3)8-6-9-15(20)4/h6-11,13,19H,12H2,1-5H3. The summed E-state index contributed by atoms with van der Waals surface area (Å²) in [6, 6.07) is 12.3. The lowest BCUT2D eigenvalue weighted by atomic mass is 10.1. The van der Waals surface area contributed by atoms with E-state index in [1.54, 1.807) is 0 Å². The van der Waals surface area contributed by atoms with E-state index >= 15 is 0 Å². The molecule has 130 valence electrons. The van der Waals surface area contributed by atoms with Crippen LogP contribution in [0.25, 0.3) is 0 Å². The summed E-state index contributed by atoms with van der Waals surface area (Å²) in [5.74, 6) is 1.11. The van der Waals surface area contributed by atoms with E-state index in [4.69, 9.17) is 14.7 Å². The van der Waals surface area contributed by atoms with Gasteiger partial charge in [-0.15, -0.1) is 0 Å². The number of aromatic nitrogens is 1. The molecule has 0 aliphatic carbocycles. The second kappa shape index (κ2) is 7.18. The first-order chi connectivity index (χ1) is 12.0. The van der Waals surface area contributed by atoms with Gasteiger partial charge in [0.2, 0.25) is 5.90 Å². The smallest absolute Gasteiger partial charge is 0.235 e. The summed E-state index contributed by atoms with van der Waals surface area (Å²) in [6.07, 6.45) is 0. The maximum absolute atomic E-state index is 5.75. The Morgan fingerprint density at radius 2 is 1.80 bits per heavy atom. The van der Waals surface area contributed by atoms with E-state index in [1.807, 2.05) is 25.1 Å². The van der Waals surface area contributed by atoms with Crippen LogP contribution >= 0.6 is 0 Å². The first-order valence-electron chi connectivity index (χ1n) is 8.75. The van der Waals surface area contributed by atoms with Crippen LogP contribution in [0.2, 0.25) is 0 Å². The Kier molecular flexibility index (Phi) is 4.98. The lowest BCUT2D eigenvalue weighted by Crippen LogP contribution is -2.13. The number of rotatable bonds is 4. The van der Waals surface area contributed by atoms with Crippen molar-refractivity contribution in [2.45, 2.75) is 40.7 Å². The number of ether oxygens (including phenoxy) is 1. The van der Waals surface area contributed by atoms with Crippen molar-refractivity contribution in [1.29, 1.82) is 0 Å². The molecule has 0 spiro atoms. The van der Waals surface area contributed by atoms with Crippen molar-refractivity contribution in [1.82, 2.24) is 4.98 Å². The third-order valence-electron chi connectivity index (χ3n) is 4.50. The lowest BCUT2D eigenvalue weighted by Gasteiger charge is -2.07. The molecule has 0 saturated heterocycles. The molecule has 1 atom stereocenters. The van der Waals surface area contributed by atoms with Gasteiger partial charge in [-0.3, -0.25) is 4.99 Å². The Balaban J connectivity index is 1.92. The first kappa shape index (κ1) is 17.3. The zero-order valence-electron chi connectivity index (χ0n) is 15.6. The van der Waals surface area contributed by atoms with Crippen LogP contribution in [0.4, 0.5) is 5.69 Å². The molecule has 1 aromatic carbocycles. The number of nitrogens with zero attached hydrogens (tertiary/aromatic N) is 3. The highest BCUT2D eigenvalue weighted by Gasteiger charge is 2.23. The summed E-state index contributed by atoms with van der Waals surface area (Å²) >= 11 is 0. The average molecular weight is 335 g/mol. The molecule has 2 heterocycles. The largest absolute Gasteiger partial charge is 0.474 e. The Morgan fingerprint density at radius 1 is 1.12 bits per heavy atom. The molecule has 1 aliphatic heterocycles. The predicted octanol–water partition coefficient (Wildman–Crippen LogP) is 4.64. The number of aliphatic imine (C=N–C) groups is 2. The van der Waals surface area contributed by atoms with Crippen LogP contribution in [0.15, 0.2) is 46.4 Å². The van der Waals surface area contributed by atoms with E-state index in [0.29, 0.717) is 18.4 Å². The van der Waals surface area contributed by atoms with Crippen molar-refractivity contribution in [3.05, 3.63) is 58.9 Å². The minimum Gasteiger partial charge on any atom is -0.474 e. The molecular weight excluding hydrogens is 310 g/mol. The lowest BCUT2D eigenvalue weighted by molar-refractivity contribution is 0.291. The molecule has 1 aliphatic rings. The maximum Gasteiger partial charge on any atom is 0.235 e. The van der Waals surface area contributed by atoms with Crippen LogP contribution in [0, 0.1) is 19.8 Å². The number of hydrogen-bond acceptors (Lipinski definition) is 4. The van der Waals surface area contributed by atoms with Crippen molar-refractivity contribution < 1.29 is 4.74 Å². The van der Waals surface area contributed by atoms with Gasteiger partial charge in [0.05, 0.1) is 23.1 Å². The van der Waals surface area contributed by atoms with Gasteiger partial charge in [-0.1, -0.05) is 38.1 Å². The Bertz CT molecular complexity index is 817. The molecule has 4 heteroatoms. The summed E-state index contributed by atoms with van der Waals surface area (Å²) in [5, 5.41) is 0. The van der Waals surface area contributed by atoms with Gasteiger partial charge >= 0.3 is 0 Å². The van der Waals surface area contributed by atoms with Crippen molar-refractivity contribution >= 4 is 17.3 Å². The fourth-order valence-electron chi connectivity index (χ4n) is 2.83. The van der Waals surface area contributed by atoms with Crippen molar-refractivity contribution in [2.24, 2.45) is 15.9 Å². The maximum atomic E-state index is 5.75. The van der Waals surface area contributed by atoms with Gasteiger partial charge in [-0.2, -0.15) is 0 Å². The van der Waals surface area contributed by atoms with Crippen LogP contribution in [0.3, 0.4) is 0 Å². The van der Waals surface area contributed by atoms with E-state index in [9.17, 15) is 0 Å². The number of benzene rings is 1. The molecular formula is C21H25N3O. The highest BCUT2D eigenvalue weighted by molar-refractivity contribution is 6.00. The normalized spacial score (nSPS) is 17.6. The van der Waals surface area contributed by atoms with Crippen LogP contribution < -0.4 is 0 Å². The minimum atomic E-state index is 0.213. The van der Waals surface area contributed by atoms with Gasteiger partial charge in [-0.05, 0) is 49.9 Å².